The van der Waals surface area contributed by atoms with Crippen molar-refractivity contribution < 1.29 is 4.79 Å². The van der Waals surface area contributed by atoms with Gasteiger partial charge in [-0.05, 0) is 43.4 Å². The number of nitrogens with zero attached hydrogens (tertiary/aromatic N) is 2. The van der Waals surface area contributed by atoms with E-state index >= 15 is 0 Å². The molecular weight excluding hydrogens is 326 g/mol. The first kappa shape index (κ1) is 18.5. The van der Waals surface area contributed by atoms with E-state index in [0.717, 1.165) is 37.2 Å². The molecule has 6 heteroatoms. The highest BCUT2D eigenvalue weighted by Gasteiger charge is 2.17. The van der Waals surface area contributed by atoms with Gasteiger partial charge < -0.3 is 21.3 Å². The zero-order valence-electron chi connectivity index (χ0n) is 15.5. The second kappa shape index (κ2) is 9.46. The van der Waals surface area contributed by atoms with E-state index in [9.17, 15) is 4.79 Å². The van der Waals surface area contributed by atoms with Crippen LogP contribution in [0.4, 0.5) is 10.5 Å². The number of aliphatic imine (C=N–C) groups is 1. The molecule has 1 saturated heterocycles. The fraction of sp³-hybridized carbons (Fsp3) is 0.600. The van der Waals surface area contributed by atoms with Crippen molar-refractivity contribution in [3.63, 3.8) is 0 Å². The maximum Gasteiger partial charge on any atom is 0.321 e. The highest BCUT2D eigenvalue weighted by atomic mass is 16.2. The molecule has 2 aliphatic rings. The van der Waals surface area contributed by atoms with Crippen LogP contribution in [0.25, 0.3) is 0 Å². The Kier molecular flexibility index (Phi) is 6.75. The number of urea groups is 1. The van der Waals surface area contributed by atoms with Crippen LogP contribution in [0, 0.1) is 0 Å². The second-order valence-corrected chi connectivity index (χ2v) is 7.36. The van der Waals surface area contributed by atoms with Crippen molar-refractivity contribution in [2.24, 2.45) is 10.7 Å². The predicted octanol–water partition coefficient (Wildman–Crippen LogP) is 3.44. The van der Waals surface area contributed by atoms with Crippen molar-refractivity contribution in [1.82, 2.24) is 10.2 Å². The molecule has 1 saturated carbocycles. The van der Waals surface area contributed by atoms with Crippen molar-refractivity contribution in [2.45, 2.75) is 64.0 Å². The van der Waals surface area contributed by atoms with Crippen molar-refractivity contribution in [3.8, 4) is 0 Å². The minimum absolute atomic E-state index is 0.0160. The van der Waals surface area contributed by atoms with E-state index in [2.05, 4.69) is 15.6 Å². The summed E-state index contributed by atoms with van der Waals surface area (Å²) >= 11 is 0. The summed E-state index contributed by atoms with van der Waals surface area (Å²) < 4.78 is 0. The molecule has 142 valence electrons. The molecule has 0 radical (unpaired) electrons. The zero-order valence-corrected chi connectivity index (χ0v) is 15.5. The zero-order chi connectivity index (χ0) is 18.2. The highest BCUT2D eigenvalue weighted by Crippen LogP contribution is 2.17. The third-order valence-electron chi connectivity index (χ3n) is 5.21. The molecule has 0 aromatic heterocycles. The van der Waals surface area contributed by atoms with Gasteiger partial charge in [-0.2, -0.15) is 0 Å². The van der Waals surface area contributed by atoms with Gasteiger partial charge in [0.2, 0.25) is 0 Å². The number of likely N-dealkylation sites (tertiary alicyclic amines) is 1. The number of anilines is 1. The summed E-state index contributed by atoms with van der Waals surface area (Å²) in [6.45, 7) is 2.21. The molecule has 1 heterocycles. The van der Waals surface area contributed by atoms with Crippen molar-refractivity contribution in [1.29, 1.82) is 0 Å². The van der Waals surface area contributed by atoms with Gasteiger partial charge in [-0.1, -0.05) is 37.8 Å². The molecule has 0 bridgehead atoms. The van der Waals surface area contributed by atoms with Crippen molar-refractivity contribution >= 4 is 17.7 Å². The van der Waals surface area contributed by atoms with E-state index in [1.54, 1.807) is 0 Å². The van der Waals surface area contributed by atoms with Gasteiger partial charge in [0.05, 0.1) is 6.54 Å². The van der Waals surface area contributed by atoms with Crippen LogP contribution in [0.3, 0.4) is 0 Å². The lowest BCUT2D eigenvalue weighted by molar-refractivity contribution is 0.222. The fourth-order valence-corrected chi connectivity index (χ4v) is 3.73. The van der Waals surface area contributed by atoms with Crippen LogP contribution in [-0.4, -0.2) is 36.0 Å². The Bertz CT molecular complexity index is 616. The number of guanidine groups is 1. The molecule has 6 nitrogen and oxygen atoms in total. The third kappa shape index (κ3) is 5.64. The summed E-state index contributed by atoms with van der Waals surface area (Å²) in [5.41, 5.74) is 7.91. The van der Waals surface area contributed by atoms with E-state index in [1.165, 1.54) is 38.5 Å². The average Bonchev–Trinajstić information content (AvgIpc) is 3.06. The predicted molar refractivity (Wildman–Crippen MR) is 106 cm³/mol. The Hall–Kier alpha value is -2.24. The summed E-state index contributed by atoms with van der Waals surface area (Å²) in [5.74, 6) is 0.517. The molecule has 2 amide bonds. The first-order valence-electron chi connectivity index (χ1n) is 9.92. The smallest absolute Gasteiger partial charge is 0.321 e. The van der Waals surface area contributed by atoms with Gasteiger partial charge in [0, 0.05) is 24.8 Å². The summed E-state index contributed by atoms with van der Waals surface area (Å²) in [5, 5.41) is 6.34. The molecule has 0 spiro atoms. The lowest BCUT2D eigenvalue weighted by atomic mass is 10.1. The SMILES string of the molecule is NC(=NCc1cccc(NC(=O)N2CCCC2)c1)NC1CCCCCC1. The largest absolute Gasteiger partial charge is 0.370 e. The highest BCUT2D eigenvalue weighted by molar-refractivity contribution is 5.89. The lowest BCUT2D eigenvalue weighted by Gasteiger charge is -2.17. The molecule has 26 heavy (non-hydrogen) atoms. The van der Waals surface area contributed by atoms with Crippen molar-refractivity contribution in [3.05, 3.63) is 29.8 Å². The number of hydrogen-bond acceptors (Lipinski definition) is 2. The average molecular weight is 358 g/mol. The van der Waals surface area contributed by atoms with Gasteiger partial charge in [0.25, 0.3) is 0 Å². The Balaban J connectivity index is 1.51. The van der Waals surface area contributed by atoms with Crippen LogP contribution >= 0.6 is 0 Å². The minimum atomic E-state index is -0.0160. The van der Waals surface area contributed by atoms with Crippen LogP contribution in [0.5, 0.6) is 0 Å². The maximum atomic E-state index is 12.2. The van der Waals surface area contributed by atoms with Crippen LogP contribution < -0.4 is 16.4 Å². The Morgan fingerprint density at radius 2 is 1.85 bits per heavy atom. The number of hydrogen-bond donors (Lipinski definition) is 3. The number of benzene rings is 1. The van der Waals surface area contributed by atoms with Crippen molar-refractivity contribution in [2.75, 3.05) is 18.4 Å². The standard InChI is InChI=1S/C20H31N5O/c21-19(23-17-9-3-1-2-4-10-17)22-15-16-8-7-11-18(14-16)24-20(26)25-12-5-6-13-25/h7-8,11,14,17H,1-6,9-10,12-13,15H2,(H,24,26)(H3,21,22,23). The second-order valence-electron chi connectivity index (χ2n) is 7.36. The van der Waals surface area contributed by atoms with Crippen LogP contribution in [0.2, 0.25) is 0 Å². The normalized spacial score (nSPS) is 19.2. The maximum absolute atomic E-state index is 12.2. The molecule has 1 aromatic carbocycles. The van der Waals surface area contributed by atoms with E-state index in [1.807, 2.05) is 29.2 Å². The summed E-state index contributed by atoms with van der Waals surface area (Å²) in [6, 6.07) is 8.27. The topological polar surface area (TPSA) is 82.7 Å². The van der Waals surface area contributed by atoms with E-state index < -0.39 is 0 Å². The van der Waals surface area contributed by atoms with Gasteiger partial charge in [-0.15, -0.1) is 0 Å². The van der Waals surface area contributed by atoms with E-state index in [0.29, 0.717) is 18.5 Å². The molecule has 4 N–H and O–H groups in total. The monoisotopic (exact) mass is 357 g/mol. The molecule has 0 unspecified atom stereocenters. The lowest BCUT2D eigenvalue weighted by Crippen LogP contribution is -2.39. The number of rotatable bonds is 4. The summed E-state index contributed by atoms with van der Waals surface area (Å²) in [7, 11) is 0. The van der Waals surface area contributed by atoms with Crippen LogP contribution in [0.1, 0.15) is 56.9 Å². The first-order valence-corrected chi connectivity index (χ1v) is 9.92. The fourth-order valence-electron chi connectivity index (χ4n) is 3.73. The number of carbonyl (C=O) groups excluding carboxylic acids is 1. The Morgan fingerprint density at radius 3 is 2.58 bits per heavy atom. The van der Waals surface area contributed by atoms with Gasteiger partial charge >= 0.3 is 6.03 Å². The molecule has 1 aliphatic carbocycles. The van der Waals surface area contributed by atoms with Crippen LogP contribution in [0.15, 0.2) is 29.3 Å². The number of nitrogens with one attached hydrogen (secondary N) is 2. The summed E-state index contributed by atoms with van der Waals surface area (Å²) in [4.78, 5) is 18.5. The van der Waals surface area contributed by atoms with Gasteiger partial charge in [-0.3, -0.25) is 0 Å². The minimum Gasteiger partial charge on any atom is -0.370 e. The van der Waals surface area contributed by atoms with Gasteiger partial charge in [0.15, 0.2) is 5.96 Å². The first-order chi connectivity index (χ1) is 12.7. The molecule has 0 atom stereocenters. The van der Waals surface area contributed by atoms with E-state index in [-0.39, 0.29) is 6.03 Å². The van der Waals surface area contributed by atoms with E-state index in [4.69, 9.17) is 5.73 Å². The molecular formula is C20H31N5O. The Morgan fingerprint density at radius 1 is 1.12 bits per heavy atom. The molecule has 1 aliphatic heterocycles. The number of amides is 2. The number of nitrogens with two attached hydrogens (primary N) is 1. The van der Waals surface area contributed by atoms with Gasteiger partial charge in [0.1, 0.15) is 0 Å². The Labute approximate surface area is 156 Å². The number of carbonyl (C=O) groups is 1. The molecule has 2 fully saturated rings. The summed E-state index contributed by atoms with van der Waals surface area (Å²) in [6.07, 6.45) is 9.72. The quantitative estimate of drug-likeness (QED) is 0.438. The third-order valence-corrected chi connectivity index (χ3v) is 5.21. The van der Waals surface area contributed by atoms with Crippen LogP contribution in [-0.2, 0) is 6.54 Å². The van der Waals surface area contributed by atoms with Gasteiger partial charge in [-0.25, -0.2) is 9.79 Å². The molecule has 1 aromatic rings. The molecule has 3 rings (SSSR count).